The van der Waals surface area contributed by atoms with Crippen LogP contribution in [0.2, 0.25) is 0 Å². The molecule has 2 aromatic rings. The average Bonchev–Trinajstić information content (AvgIpc) is 2.69. The zero-order chi connectivity index (χ0) is 23.9. The normalized spacial score (nSPS) is 11.1. The van der Waals surface area contributed by atoms with Crippen LogP contribution < -0.4 is 10.6 Å². The third-order valence-electron chi connectivity index (χ3n) is 4.52. The van der Waals surface area contributed by atoms with Crippen molar-refractivity contribution in [2.45, 2.75) is 53.2 Å². The summed E-state index contributed by atoms with van der Waals surface area (Å²) >= 11 is 0. The number of hydrogen-bond donors (Lipinski definition) is 2. The summed E-state index contributed by atoms with van der Waals surface area (Å²) in [6.07, 6.45) is 1.04. The highest BCUT2D eigenvalue weighted by atomic mass is 16.6. The van der Waals surface area contributed by atoms with Crippen molar-refractivity contribution >= 4 is 29.8 Å². The Morgan fingerprint density at radius 2 is 1.69 bits per heavy atom. The van der Waals surface area contributed by atoms with E-state index in [1.807, 2.05) is 24.3 Å². The minimum atomic E-state index is -0.598. The van der Waals surface area contributed by atoms with Gasteiger partial charge in [0.15, 0.2) is 0 Å². The van der Waals surface area contributed by atoms with Gasteiger partial charge in [0, 0.05) is 19.3 Å². The maximum Gasteiger partial charge on any atom is 0.410 e. The van der Waals surface area contributed by atoms with Gasteiger partial charge < -0.3 is 20.3 Å². The third-order valence-corrected chi connectivity index (χ3v) is 4.52. The Balaban J connectivity index is 2.18. The number of benzene rings is 2. The van der Waals surface area contributed by atoms with E-state index in [-0.39, 0.29) is 12.5 Å². The molecule has 0 spiro atoms. The molecule has 2 N–H and O–H groups in total. The maximum atomic E-state index is 13.0. The summed E-state index contributed by atoms with van der Waals surface area (Å²) in [6, 6.07) is 12.8. The van der Waals surface area contributed by atoms with E-state index in [1.165, 1.54) is 10.5 Å². The highest BCUT2D eigenvalue weighted by Gasteiger charge is 2.20. The van der Waals surface area contributed by atoms with E-state index in [9.17, 15) is 14.4 Å². The van der Waals surface area contributed by atoms with Gasteiger partial charge in [0.25, 0.3) is 5.91 Å². The van der Waals surface area contributed by atoms with Gasteiger partial charge in [-0.05, 0) is 68.5 Å². The van der Waals surface area contributed by atoms with Gasteiger partial charge in [0.1, 0.15) is 5.60 Å². The van der Waals surface area contributed by atoms with Crippen molar-refractivity contribution in [3.05, 3.63) is 59.2 Å². The lowest BCUT2D eigenvalue weighted by Gasteiger charge is -2.25. The van der Waals surface area contributed by atoms with Crippen LogP contribution in [0.3, 0.4) is 0 Å². The number of carbonyl (C=O) groups excluding carboxylic acids is 3. The third kappa shape index (κ3) is 7.72. The first-order valence-corrected chi connectivity index (χ1v) is 10.7. The second-order valence-electron chi connectivity index (χ2n) is 9.23. The molecular formula is C25H33N3O4. The molecule has 3 amide bonds. The molecule has 172 valence electrons. The Bertz CT molecular complexity index is 947. The van der Waals surface area contributed by atoms with Crippen molar-refractivity contribution in [3.8, 4) is 0 Å². The van der Waals surface area contributed by atoms with E-state index < -0.39 is 11.7 Å². The predicted octanol–water partition coefficient (Wildman–Crippen LogP) is 5.07. The van der Waals surface area contributed by atoms with Crippen molar-refractivity contribution in [2.24, 2.45) is 5.92 Å². The van der Waals surface area contributed by atoms with Crippen LogP contribution in [0.1, 0.15) is 56.1 Å². The molecule has 2 aromatic carbocycles. The number of nitrogens with zero attached hydrogens (tertiary/aromatic N) is 1. The minimum absolute atomic E-state index is 0.250. The molecule has 2 rings (SSSR count). The average molecular weight is 440 g/mol. The van der Waals surface area contributed by atoms with E-state index >= 15 is 0 Å². The summed E-state index contributed by atoms with van der Waals surface area (Å²) in [4.78, 5) is 37.7. The fourth-order valence-corrected chi connectivity index (χ4v) is 3.14. The molecule has 0 aromatic heterocycles. The molecule has 0 fully saturated rings. The topological polar surface area (TPSA) is 87.7 Å². The van der Waals surface area contributed by atoms with E-state index in [1.54, 1.807) is 46.0 Å². The summed E-state index contributed by atoms with van der Waals surface area (Å²) in [6.45, 7) is 9.97. The molecular weight excluding hydrogens is 406 g/mol. The van der Waals surface area contributed by atoms with Crippen LogP contribution in [-0.2, 0) is 22.5 Å². The van der Waals surface area contributed by atoms with Gasteiger partial charge in [0.05, 0.1) is 11.3 Å². The molecule has 0 aliphatic carbocycles. The van der Waals surface area contributed by atoms with Crippen LogP contribution in [0.25, 0.3) is 0 Å². The highest BCUT2D eigenvalue weighted by molar-refractivity contribution is 6.09. The molecule has 7 heteroatoms. The van der Waals surface area contributed by atoms with Crippen LogP contribution in [0.15, 0.2) is 42.5 Å². The van der Waals surface area contributed by atoms with Crippen LogP contribution in [-0.4, -0.2) is 36.0 Å². The van der Waals surface area contributed by atoms with Crippen molar-refractivity contribution in [2.75, 3.05) is 17.7 Å². The fourth-order valence-electron chi connectivity index (χ4n) is 3.14. The van der Waals surface area contributed by atoms with Crippen molar-refractivity contribution in [1.82, 2.24) is 4.90 Å². The molecule has 0 saturated carbocycles. The molecule has 0 aliphatic heterocycles. The van der Waals surface area contributed by atoms with Gasteiger partial charge in [-0.15, -0.1) is 0 Å². The Morgan fingerprint density at radius 3 is 2.25 bits per heavy atom. The zero-order valence-corrected chi connectivity index (χ0v) is 19.7. The Morgan fingerprint density at radius 1 is 1.06 bits per heavy atom. The molecule has 32 heavy (non-hydrogen) atoms. The van der Waals surface area contributed by atoms with Crippen molar-refractivity contribution in [1.29, 1.82) is 0 Å². The monoisotopic (exact) mass is 439 g/mol. The summed E-state index contributed by atoms with van der Waals surface area (Å²) in [5.74, 6) is 0.196. The Labute approximate surface area is 190 Å². The fraction of sp³-hybridized carbons (Fsp3) is 0.400. The summed E-state index contributed by atoms with van der Waals surface area (Å²) in [5.41, 5.74) is 2.69. The zero-order valence-electron chi connectivity index (χ0n) is 19.7. The molecule has 7 nitrogen and oxygen atoms in total. The number of hydrogen-bond acceptors (Lipinski definition) is 4. The summed E-state index contributed by atoms with van der Waals surface area (Å²) < 4.78 is 5.37. The number of anilines is 2. The number of carbonyl (C=O) groups is 3. The Hall–Kier alpha value is -3.35. The second-order valence-corrected chi connectivity index (χ2v) is 9.23. The second kappa shape index (κ2) is 10.8. The molecule has 0 unspecified atom stereocenters. The molecule has 0 atom stereocenters. The SMILES string of the molecule is CC(C)Cc1ccc(NC(=O)c2cc(CN(C)C(=O)OC(C)(C)C)ccc2NC=O)cc1. The standard InChI is InChI=1S/C25H33N3O4/c1-17(2)13-18-7-10-20(11-8-18)27-23(30)21-14-19(9-12-22(21)26-16-29)15-28(6)24(31)32-25(3,4)5/h7-12,14,16-17H,13,15H2,1-6H3,(H,26,29)(H,27,30). The predicted molar refractivity (Wildman–Crippen MR) is 127 cm³/mol. The highest BCUT2D eigenvalue weighted by Crippen LogP contribution is 2.21. The lowest BCUT2D eigenvalue weighted by molar-refractivity contribution is -0.105. The van der Waals surface area contributed by atoms with Gasteiger partial charge in [-0.2, -0.15) is 0 Å². The van der Waals surface area contributed by atoms with E-state index in [0.717, 1.165) is 12.0 Å². The smallest absolute Gasteiger partial charge is 0.410 e. The molecule has 0 radical (unpaired) electrons. The van der Waals surface area contributed by atoms with Crippen LogP contribution >= 0.6 is 0 Å². The van der Waals surface area contributed by atoms with Crippen LogP contribution in [0.4, 0.5) is 16.2 Å². The van der Waals surface area contributed by atoms with Crippen LogP contribution in [0.5, 0.6) is 0 Å². The first-order chi connectivity index (χ1) is 15.0. The number of nitrogens with one attached hydrogen (secondary N) is 2. The number of ether oxygens (including phenoxy) is 1. The number of rotatable bonds is 8. The largest absolute Gasteiger partial charge is 0.444 e. The van der Waals surface area contributed by atoms with Crippen LogP contribution in [0, 0.1) is 5.92 Å². The lowest BCUT2D eigenvalue weighted by atomic mass is 10.0. The minimum Gasteiger partial charge on any atom is -0.444 e. The van der Waals surface area contributed by atoms with Gasteiger partial charge in [-0.25, -0.2) is 4.79 Å². The summed E-state index contributed by atoms with van der Waals surface area (Å²) in [5, 5.41) is 5.43. The Kier molecular flexibility index (Phi) is 8.41. The molecule has 0 bridgehead atoms. The molecule has 0 saturated heterocycles. The van der Waals surface area contributed by atoms with Crippen molar-refractivity contribution in [3.63, 3.8) is 0 Å². The first kappa shape index (κ1) is 24.9. The lowest BCUT2D eigenvalue weighted by Crippen LogP contribution is -2.33. The van der Waals surface area contributed by atoms with Crippen molar-refractivity contribution < 1.29 is 19.1 Å². The van der Waals surface area contributed by atoms with Gasteiger partial charge in [-0.1, -0.05) is 32.0 Å². The van der Waals surface area contributed by atoms with Gasteiger partial charge >= 0.3 is 6.09 Å². The van der Waals surface area contributed by atoms with Gasteiger partial charge in [0.2, 0.25) is 6.41 Å². The maximum absolute atomic E-state index is 13.0. The van der Waals surface area contributed by atoms with E-state index in [4.69, 9.17) is 4.74 Å². The van der Waals surface area contributed by atoms with E-state index in [0.29, 0.717) is 29.3 Å². The molecule has 0 heterocycles. The summed E-state index contributed by atoms with van der Waals surface area (Å²) in [7, 11) is 1.63. The number of amides is 3. The first-order valence-electron chi connectivity index (χ1n) is 10.7. The quantitative estimate of drug-likeness (QED) is 0.562. The van der Waals surface area contributed by atoms with E-state index in [2.05, 4.69) is 24.5 Å². The van der Waals surface area contributed by atoms with Gasteiger partial charge in [-0.3, -0.25) is 9.59 Å². The molecule has 0 aliphatic rings.